The second-order valence-corrected chi connectivity index (χ2v) is 5.18. The normalized spacial score (nSPS) is 13.4. The molecule has 0 aliphatic carbocycles. The fourth-order valence-corrected chi connectivity index (χ4v) is 1.40. The third kappa shape index (κ3) is 5.49. The quantitative estimate of drug-likeness (QED) is 0.797. The molecule has 2 N–H and O–H groups in total. The molecule has 0 fully saturated rings. The van der Waals surface area contributed by atoms with Crippen LogP contribution in [0.25, 0.3) is 0 Å². The maximum Gasteiger partial charge on any atom is 0.237 e. The van der Waals surface area contributed by atoms with Crippen molar-refractivity contribution in [3.8, 4) is 0 Å². The molecule has 1 amide bonds. The molecule has 0 spiro atoms. The Labute approximate surface area is 103 Å². The van der Waals surface area contributed by atoms with E-state index in [-0.39, 0.29) is 17.5 Å². The van der Waals surface area contributed by atoms with Gasteiger partial charge in [0, 0.05) is 24.5 Å². The molecule has 0 aromatic carbocycles. The van der Waals surface area contributed by atoms with Gasteiger partial charge >= 0.3 is 0 Å². The summed E-state index contributed by atoms with van der Waals surface area (Å²) >= 11 is 0. The summed E-state index contributed by atoms with van der Waals surface area (Å²) in [5.41, 5.74) is -0.186. The van der Waals surface area contributed by atoms with Gasteiger partial charge in [0.25, 0.3) is 0 Å². The van der Waals surface area contributed by atoms with E-state index in [1.165, 1.54) is 0 Å². The standard InChI is InChI=1S/C12H22N4O/c1-10(11(17)15-12(2,3)4)13-7-9-16-8-5-6-14-16/h5-6,8,10,13H,7,9H2,1-4H3,(H,15,17). The number of carbonyl (C=O) groups is 1. The first-order valence-corrected chi connectivity index (χ1v) is 5.91. The number of nitrogens with zero attached hydrogens (tertiary/aromatic N) is 2. The average molecular weight is 238 g/mol. The fraction of sp³-hybridized carbons (Fsp3) is 0.667. The van der Waals surface area contributed by atoms with E-state index in [1.807, 2.05) is 44.6 Å². The average Bonchev–Trinajstić information content (AvgIpc) is 2.67. The van der Waals surface area contributed by atoms with Crippen molar-refractivity contribution in [3.05, 3.63) is 18.5 Å². The number of hydrogen-bond donors (Lipinski definition) is 2. The molecule has 1 rings (SSSR count). The van der Waals surface area contributed by atoms with Crippen LogP contribution < -0.4 is 10.6 Å². The lowest BCUT2D eigenvalue weighted by Crippen LogP contribution is -2.50. The zero-order valence-corrected chi connectivity index (χ0v) is 11.0. The monoisotopic (exact) mass is 238 g/mol. The van der Waals surface area contributed by atoms with E-state index in [0.717, 1.165) is 13.1 Å². The van der Waals surface area contributed by atoms with Crippen molar-refractivity contribution in [2.24, 2.45) is 0 Å². The number of carbonyl (C=O) groups excluding carboxylic acids is 1. The Morgan fingerprint density at radius 2 is 2.18 bits per heavy atom. The molecule has 1 atom stereocenters. The summed E-state index contributed by atoms with van der Waals surface area (Å²) in [5.74, 6) is 0.0259. The molecule has 0 radical (unpaired) electrons. The van der Waals surface area contributed by atoms with Gasteiger partial charge < -0.3 is 10.6 Å². The zero-order valence-electron chi connectivity index (χ0n) is 11.0. The number of rotatable bonds is 5. The maximum atomic E-state index is 11.8. The molecule has 0 bridgehead atoms. The maximum absolute atomic E-state index is 11.8. The van der Waals surface area contributed by atoms with Gasteiger partial charge in [0.05, 0.1) is 12.6 Å². The van der Waals surface area contributed by atoms with E-state index >= 15 is 0 Å². The number of nitrogens with one attached hydrogen (secondary N) is 2. The van der Waals surface area contributed by atoms with Crippen LogP contribution in [0, 0.1) is 0 Å². The van der Waals surface area contributed by atoms with E-state index in [1.54, 1.807) is 6.20 Å². The second kappa shape index (κ2) is 5.82. The minimum absolute atomic E-state index is 0.0259. The van der Waals surface area contributed by atoms with E-state index in [9.17, 15) is 4.79 Å². The first kappa shape index (κ1) is 13.7. The first-order valence-electron chi connectivity index (χ1n) is 5.91. The first-order chi connectivity index (χ1) is 7.88. The van der Waals surface area contributed by atoms with Gasteiger partial charge in [-0.2, -0.15) is 5.10 Å². The smallest absolute Gasteiger partial charge is 0.237 e. The van der Waals surface area contributed by atoms with Crippen molar-refractivity contribution in [1.29, 1.82) is 0 Å². The summed E-state index contributed by atoms with van der Waals surface area (Å²) in [6.07, 6.45) is 3.65. The van der Waals surface area contributed by atoms with Gasteiger partial charge in [-0.25, -0.2) is 0 Å². The van der Waals surface area contributed by atoms with Crippen LogP contribution in [0.3, 0.4) is 0 Å². The second-order valence-electron chi connectivity index (χ2n) is 5.18. The van der Waals surface area contributed by atoms with E-state index in [0.29, 0.717) is 0 Å². The van der Waals surface area contributed by atoms with Crippen molar-refractivity contribution in [2.75, 3.05) is 6.54 Å². The summed E-state index contributed by atoms with van der Waals surface area (Å²) in [4.78, 5) is 11.8. The highest BCUT2D eigenvalue weighted by atomic mass is 16.2. The van der Waals surface area contributed by atoms with Crippen molar-refractivity contribution in [1.82, 2.24) is 20.4 Å². The number of amides is 1. The molecule has 5 heteroatoms. The lowest BCUT2D eigenvalue weighted by molar-refractivity contribution is -0.124. The van der Waals surface area contributed by atoms with Crippen LogP contribution in [0.4, 0.5) is 0 Å². The molecule has 5 nitrogen and oxygen atoms in total. The van der Waals surface area contributed by atoms with Gasteiger partial charge in [-0.05, 0) is 33.8 Å². The Morgan fingerprint density at radius 3 is 2.71 bits per heavy atom. The van der Waals surface area contributed by atoms with E-state index in [2.05, 4.69) is 15.7 Å². The summed E-state index contributed by atoms with van der Waals surface area (Å²) in [6.45, 7) is 9.27. The molecular formula is C12H22N4O. The Hall–Kier alpha value is -1.36. The van der Waals surface area contributed by atoms with Crippen LogP contribution in [0.1, 0.15) is 27.7 Å². The van der Waals surface area contributed by atoms with Crippen molar-refractivity contribution in [2.45, 2.75) is 45.8 Å². The van der Waals surface area contributed by atoms with E-state index < -0.39 is 0 Å². The topological polar surface area (TPSA) is 59.0 Å². The molecule has 1 heterocycles. The fourth-order valence-electron chi connectivity index (χ4n) is 1.40. The lowest BCUT2D eigenvalue weighted by atomic mass is 10.1. The van der Waals surface area contributed by atoms with Crippen molar-refractivity contribution >= 4 is 5.91 Å². The molecule has 0 aliphatic heterocycles. The molecule has 17 heavy (non-hydrogen) atoms. The SMILES string of the molecule is CC(NCCn1cccn1)C(=O)NC(C)(C)C. The summed E-state index contributed by atoms with van der Waals surface area (Å²) in [5, 5.41) is 10.2. The molecule has 1 aromatic heterocycles. The van der Waals surface area contributed by atoms with Crippen molar-refractivity contribution in [3.63, 3.8) is 0 Å². The van der Waals surface area contributed by atoms with Crippen LogP contribution in [-0.2, 0) is 11.3 Å². The number of hydrogen-bond acceptors (Lipinski definition) is 3. The Bertz CT molecular complexity index is 340. The molecule has 96 valence electrons. The third-order valence-electron chi connectivity index (χ3n) is 2.24. The van der Waals surface area contributed by atoms with Crippen LogP contribution in [-0.4, -0.2) is 33.8 Å². The molecule has 0 aliphatic rings. The molecule has 1 unspecified atom stereocenters. The van der Waals surface area contributed by atoms with Gasteiger partial charge in [0.1, 0.15) is 0 Å². The predicted octanol–water partition coefficient (Wildman–Crippen LogP) is 0.776. The van der Waals surface area contributed by atoms with Gasteiger partial charge in [-0.15, -0.1) is 0 Å². The Balaban J connectivity index is 2.25. The zero-order chi connectivity index (χ0) is 12.9. The van der Waals surface area contributed by atoms with Gasteiger partial charge in [-0.3, -0.25) is 9.48 Å². The highest BCUT2D eigenvalue weighted by Gasteiger charge is 2.18. The largest absolute Gasteiger partial charge is 0.350 e. The summed E-state index contributed by atoms with van der Waals surface area (Å²) in [6, 6.07) is 1.69. The minimum atomic E-state index is -0.190. The Morgan fingerprint density at radius 1 is 1.47 bits per heavy atom. The summed E-state index contributed by atoms with van der Waals surface area (Å²) in [7, 11) is 0. The van der Waals surface area contributed by atoms with Gasteiger partial charge in [-0.1, -0.05) is 0 Å². The molecule has 0 saturated carbocycles. The highest BCUT2D eigenvalue weighted by Crippen LogP contribution is 1.99. The van der Waals surface area contributed by atoms with Gasteiger partial charge in [0.2, 0.25) is 5.91 Å². The Kier molecular flexibility index (Phi) is 4.69. The van der Waals surface area contributed by atoms with Crippen LogP contribution in [0.2, 0.25) is 0 Å². The van der Waals surface area contributed by atoms with Gasteiger partial charge in [0.15, 0.2) is 0 Å². The lowest BCUT2D eigenvalue weighted by Gasteiger charge is -2.23. The predicted molar refractivity (Wildman–Crippen MR) is 67.6 cm³/mol. The van der Waals surface area contributed by atoms with Crippen molar-refractivity contribution < 1.29 is 4.79 Å². The van der Waals surface area contributed by atoms with E-state index in [4.69, 9.17) is 0 Å². The molecule has 1 aromatic rings. The minimum Gasteiger partial charge on any atom is -0.350 e. The van der Waals surface area contributed by atoms with Crippen LogP contribution in [0.15, 0.2) is 18.5 Å². The third-order valence-corrected chi connectivity index (χ3v) is 2.24. The summed E-state index contributed by atoms with van der Waals surface area (Å²) < 4.78 is 1.83. The molecule has 0 saturated heterocycles. The van der Waals surface area contributed by atoms with Crippen LogP contribution in [0.5, 0.6) is 0 Å². The highest BCUT2D eigenvalue weighted by molar-refractivity contribution is 5.81. The van der Waals surface area contributed by atoms with Crippen LogP contribution >= 0.6 is 0 Å². The molecular weight excluding hydrogens is 216 g/mol. The number of aromatic nitrogens is 2.